The molecule has 7 nitrogen and oxygen atoms in total. The van der Waals surface area contributed by atoms with Gasteiger partial charge in [-0.1, -0.05) is 6.07 Å². The highest BCUT2D eigenvalue weighted by Crippen LogP contribution is 2.35. The summed E-state index contributed by atoms with van der Waals surface area (Å²) >= 11 is 0. The number of hydrogen-bond acceptors (Lipinski definition) is 6. The number of nitrogen functional groups attached to an aromatic ring is 1. The first-order valence-corrected chi connectivity index (χ1v) is 6.22. The molecule has 2 N–H and O–H groups in total. The number of hydrogen-bond donors (Lipinski definition) is 1. The number of aromatic nitrogens is 4. The summed E-state index contributed by atoms with van der Waals surface area (Å²) in [6, 6.07) is 5.44. The minimum absolute atomic E-state index is 0.402. The van der Waals surface area contributed by atoms with Crippen LogP contribution in [-0.2, 0) is 10.3 Å². The van der Waals surface area contributed by atoms with Gasteiger partial charge in [0.2, 0.25) is 0 Å². The second-order valence-corrected chi connectivity index (χ2v) is 5.08. The van der Waals surface area contributed by atoms with Crippen molar-refractivity contribution in [3.63, 3.8) is 0 Å². The normalized spacial score (nSPS) is 11.6. The fourth-order valence-corrected chi connectivity index (χ4v) is 2.12. The Morgan fingerprint density at radius 2 is 2.05 bits per heavy atom. The Labute approximate surface area is 117 Å². The number of nitrogens with zero attached hydrogens (tertiary/aromatic N) is 4. The molecule has 0 bridgehead atoms. The van der Waals surface area contributed by atoms with Gasteiger partial charge in [-0.05, 0) is 36.4 Å². The highest BCUT2D eigenvalue weighted by molar-refractivity contribution is 5.77. The fourth-order valence-electron chi connectivity index (χ4n) is 2.12. The van der Waals surface area contributed by atoms with Crippen molar-refractivity contribution < 1.29 is 9.47 Å². The summed E-state index contributed by atoms with van der Waals surface area (Å²) < 4.78 is 12.3. The van der Waals surface area contributed by atoms with Gasteiger partial charge in [0.1, 0.15) is 5.75 Å². The van der Waals surface area contributed by atoms with Crippen LogP contribution in [0.15, 0.2) is 18.2 Å². The Morgan fingerprint density at radius 3 is 2.70 bits per heavy atom. The molecule has 0 amide bonds. The van der Waals surface area contributed by atoms with Crippen molar-refractivity contribution in [1.82, 2.24) is 20.2 Å². The monoisotopic (exact) mass is 277 g/mol. The lowest BCUT2D eigenvalue weighted by atomic mass is 10.1. The Bertz CT molecular complexity index is 594. The lowest BCUT2D eigenvalue weighted by molar-refractivity contribution is 0.101. The molecule has 0 aliphatic heterocycles. The van der Waals surface area contributed by atoms with Crippen LogP contribution in [0.25, 0.3) is 11.4 Å². The molecule has 0 aliphatic carbocycles. The van der Waals surface area contributed by atoms with Crippen molar-refractivity contribution in [3.05, 3.63) is 18.2 Å². The number of rotatable bonds is 5. The van der Waals surface area contributed by atoms with E-state index in [-0.39, 0.29) is 0 Å². The van der Waals surface area contributed by atoms with Crippen LogP contribution in [0.4, 0.5) is 5.69 Å². The summed E-state index contributed by atoms with van der Waals surface area (Å²) in [4.78, 5) is 0. The van der Waals surface area contributed by atoms with E-state index >= 15 is 0 Å². The maximum Gasteiger partial charge on any atom is 0.188 e. The Morgan fingerprint density at radius 1 is 1.30 bits per heavy atom. The van der Waals surface area contributed by atoms with E-state index in [0.717, 1.165) is 0 Å². The van der Waals surface area contributed by atoms with E-state index in [9.17, 15) is 0 Å². The van der Waals surface area contributed by atoms with Gasteiger partial charge in [-0.25, -0.2) is 4.68 Å². The van der Waals surface area contributed by atoms with Crippen molar-refractivity contribution in [2.45, 2.75) is 19.4 Å². The lowest BCUT2D eigenvalue weighted by Crippen LogP contribution is -2.33. The van der Waals surface area contributed by atoms with Gasteiger partial charge in [0.25, 0.3) is 0 Å². The summed E-state index contributed by atoms with van der Waals surface area (Å²) in [5, 5.41) is 11.9. The quantitative estimate of drug-likeness (QED) is 0.829. The predicted octanol–water partition coefficient (Wildman–Crippen LogP) is 1.31. The van der Waals surface area contributed by atoms with E-state index in [0.29, 0.717) is 29.4 Å². The second kappa shape index (κ2) is 5.46. The summed E-state index contributed by atoms with van der Waals surface area (Å²) in [6.07, 6.45) is 0. The number of anilines is 1. The fraction of sp³-hybridized carbons (Fsp3) is 0.462. The zero-order valence-corrected chi connectivity index (χ0v) is 12.1. The van der Waals surface area contributed by atoms with Crippen LogP contribution in [0.3, 0.4) is 0 Å². The SMILES string of the molecule is COCC(C)(C)n1nnnc1-c1c(N)cccc1OC. The number of methoxy groups -OCH3 is 2. The molecule has 0 unspecified atom stereocenters. The predicted molar refractivity (Wildman–Crippen MR) is 75.4 cm³/mol. The third-order valence-electron chi connectivity index (χ3n) is 3.04. The molecule has 7 heteroatoms. The maximum atomic E-state index is 6.05. The zero-order chi connectivity index (χ0) is 14.8. The Balaban J connectivity index is 2.59. The van der Waals surface area contributed by atoms with Crippen LogP contribution in [0.2, 0.25) is 0 Å². The van der Waals surface area contributed by atoms with Gasteiger partial charge in [0.05, 0.1) is 24.8 Å². The van der Waals surface area contributed by atoms with Crippen molar-refractivity contribution in [2.24, 2.45) is 0 Å². The largest absolute Gasteiger partial charge is 0.496 e. The molecule has 0 saturated carbocycles. The number of benzene rings is 1. The number of ether oxygens (including phenoxy) is 2. The molecule has 1 aromatic heterocycles. The molecule has 0 saturated heterocycles. The molecule has 20 heavy (non-hydrogen) atoms. The van der Waals surface area contributed by atoms with E-state index in [2.05, 4.69) is 15.5 Å². The summed E-state index contributed by atoms with van der Waals surface area (Å²) in [6.45, 7) is 4.45. The topological polar surface area (TPSA) is 88.1 Å². The molecule has 2 rings (SSSR count). The van der Waals surface area contributed by atoms with Gasteiger partial charge in [-0.15, -0.1) is 5.10 Å². The van der Waals surface area contributed by atoms with Crippen molar-refractivity contribution in [3.8, 4) is 17.1 Å². The molecule has 0 aliphatic rings. The van der Waals surface area contributed by atoms with E-state index in [1.807, 2.05) is 26.0 Å². The van der Waals surface area contributed by atoms with Gasteiger partial charge in [0.15, 0.2) is 5.82 Å². The van der Waals surface area contributed by atoms with Crippen molar-refractivity contribution in [1.29, 1.82) is 0 Å². The standard InChI is InChI=1S/C13H19N5O2/c1-13(2,8-19-3)18-12(15-16-17-18)11-9(14)6-5-7-10(11)20-4/h5-7H,8,14H2,1-4H3. The first-order valence-electron chi connectivity index (χ1n) is 6.22. The van der Waals surface area contributed by atoms with Crippen molar-refractivity contribution >= 4 is 5.69 Å². The molecule has 108 valence electrons. The minimum atomic E-state index is -0.402. The summed E-state index contributed by atoms with van der Waals surface area (Å²) in [7, 11) is 3.23. The summed E-state index contributed by atoms with van der Waals surface area (Å²) in [5.74, 6) is 1.19. The van der Waals surface area contributed by atoms with E-state index in [1.165, 1.54) is 0 Å². The van der Waals surface area contributed by atoms with Crippen LogP contribution in [0.1, 0.15) is 13.8 Å². The Kier molecular flexibility index (Phi) is 3.89. The molecular weight excluding hydrogens is 258 g/mol. The van der Waals surface area contributed by atoms with Gasteiger partial charge < -0.3 is 15.2 Å². The molecule has 2 aromatic rings. The molecule has 0 radical (unpaired) electrons. The van der Waals surface area contributed by atoms with Gasteiger partial charge in [-0.3, -0.25) is 0 Å². The Hall–Kier alpha value is -2.15. The molecular formula is C13H19N5O2. The maximum absolute atomic E-state index is 6.05. The van der Waals surface area contributed by atoms with Crippen molar-refractivity contribution in [2.75, 3.05) is 26.6 Å². The second-order valence-electron chi connectivity index (χ2n) is 5.08. The van der Waals surface area contributed by atoms with Crippen LogP contribution >= 0.6 is 0 Å². The summed E-state index contributed by atoms with van der Waals surface area (Å²) in [5.41, 5.74) is 6.90. The van der Waals surface area contributed by atoms with Crippen LogP contribution in [0.5, 0.6) is 5.75 Å². The molecule has 1 heterocycles. The van der Waals surface area contributed by atoms with E-state index < -0.39 is 5.54 Å². The van der Waals surface area contributed by atoms with Crippen LogP contribution in [-0.4, -0.2) is 41.0 Å². The number of nitrogens with two attached hydrogens (primary N) is 1. The smallest absolute Gasteiger partial charge is 0.188 e. The average Bonchev–Trinajstić information content (AvgIpc) is 2.88. The average molecular weight is 277 g/mol. The molecule has 0 atom stereocenters. The van der Waals surface area contributed by atoms with Crippen LogP contribution in [0, 0.1) is 0 Å². The highest BCUT2D eigenvalue weighted by Gasteiger charge is 2.28. The third kappa shape index (κ3) is 2.44. The number of tetrazole rings is 1. The molecule has 0 spiro atoms. The van der Waals surface area contributed by atoms with Crippen LogP contribution < -0.4 is 10.5 Å². The first-order chi connectivity index (χ1) is 9.51. The zero-order valence-electron chi connectivity index (χ0n) is 12.1. The lowest BCUT2D eigenvalue weighted by Gasteiger charge is -2.25. The van der Waals surface area contributed by atoms with E-state index in [4.69, 9.17) is 15.2 Å². The molecule has 1 aromatic carbocycles. The highest BCUT2D eigenvalue weighted by atomic mass is 16.5. The van der Waals surface area contributed by atoms with Gasteiger partial charge in [0, 0.05) is 12.8 Å². The minimum Gasteiger partial charge on any atom is -0.496 e. The third-order valence-corrected chi connectivity index (χ3v) is 3.04. The van der Waals surface area contributed by atoms with Gasteiger partial charge >= 0.3 is 0 Å². The first kappa shape index (κ1) is 14.3. The van der Waals surface area contributed by atoms with E-state index in [1.54, 1.807) is 25.0 Å². The molecule has 0 fully saturated rings. The van der Waals surface area contributed by atoms with Gasteiger partial charge in [-0.2, -0.15) is 0 Å².